The van der Waals surface area contributed by atoms with E-state index in [1.807, 2.05) is 6.20 Å². The molecule has 1 aliphatic rings. The number of aromatic nitrogens is 1. The van der Waals surface area contributed by atoms with E-state index in [1.165, 1.54) is 43.4 Å². The normalized spacial score (nSPS) is 22.7. The van der Waals surface area contributed by atoms with E-state index in [0.717, 1.165) is 31.6 Å². The average Bonchev–Trinajstić information content (AvgIpc) is 2.50. The quantitative estimate of drug-likeness (QED) is 0.778. The van der Waals surface area contributed by atoms with Gasteiger partial charge in [-0.1, -0.05) is 19.9 Å². The maximum absolute atomic E-state index is 4.63. The minimum Gasteiger partial charge on any atom is -0.313 e. The number of nitrogens with one attached hydrogen (secondary N) is 1. The van der Waals surface area contributed by atoms with E-state index in [1.54, 1.807) is 0 Å². The Balaban J connectivity index is 1.79. The molecule has 0 atom stereocenters. The first-order valence-corrected chi connectivity index (χ1v) is 8.53. The second-order valence-electron chi connectivity index (χ2n) is 6.66. The molecule has 2 rings (SSSR count). The van der Waals surface area contributed by atoms with Crippen LogP contribution in [0.3, 0.4) is 0 Å². The number of hydrogen-bond donors (Lipinski definition) is 1. The van der Waals surface area contributed by atoms with E-state index in [-0.39, 0.29) is 0 Å². The van der Waals surface area contributed by atoms with Crippen LogP contribution in [0.15, 0.2) is 18.3 Å². The zero-order valence-electron chi connectivity index (χ0n) is 13.9. The highest BCUT2D eigenvalue weighted by molar-refractivity contribution is 5.14. The molecule has 21 heavy (non-hydrogen) atoms. The summed E-state index contributed by atoms with van der Waals surface area (Å²) in [5.41, 5.74) is 2.47. The molecule has 3 nitrogen and oxygen atoms in total. The lowest BCUT2D eigenvalue weighted by Crippen LogP contribution is -2.34. The summed E-state index contributed by atoms with van der Waals surface area (Å²) in [6.45, 7) is 7.54. The van der Waals surface area contributed by atoms with Crippen LogP contribution in [0.25, 0.3) is 0 Å². The third-order valence-electron chi connectivity index (χ3n) is 4.66. The van der Waals surface area contributed by atoms with E-state index in [4.69, 9.17) is 0 Å². The Hall–Kier alpha value is -0.930. The standard InChI is InChI=1S/C18H31N3/c1-4-11-19-12-16-7-8-17(20-13-16)14-21(3)18-9-5-15(2)6-10-18/h7-8,13,15,18-19H,4-6,9-12,14H2,1-3H3. The second kappa shape index (κ2) is 8.50. The second-order valence-corrected chi connectivity index (χ2v) is 6.66. The van der Waals surface area contributed by atoms with E-state index >= 15 is 0 Å². The van der Waals surface area contributed by atoms with Gasteiger partial charge in [-0.15, -0.1) is 0 Å². The van der Waals surface area contributed by atoms with E-state index < -0.39 is 0 Å². The average molecular weight is 289 g/mol. The first kappa shape index (κ1) is 16.4. The predicted octanol–water partition coefficient (Wildman–Crippen LogP) is 3.59. The molecule has 0 unspecified atom stereocenters. The van der Waals surface area contributed by atoms with Crippen LogP contribution < -0.4 is 5.32 Å². The molecule has 0 amide bonds. The first-order valence-electron chi connectivity index (χ1n) is 8.53. The first-order chi connectivity index (χ1) is 10.2. The molecule has 3 heteroatoms. The molecule has 1 saturated carbocycles. The molecule has 0 aromatic carbocycles. The van der Waals surface area contributed by atoms with Crippen LogP contribution in [0.1, 0.15) is 57.2 Å². The number of rotatable bonds is 7. The molecule has 0 aliphatic heterocycles. The number of pyridine rings is 1. The molecule has 1 aromatic rings. The Morgan fingerprint density at radius 1 is 1.24 bits per heavy atom. The molecule has 1 aromatic heterocycles. The van der Waals surface area contributed by atoms with E-state index in [0.29, 0.717) is 0 Å². The van der Waals surface area contributed by atoms with E-state index in [9.17, 15) is 0 Å². The van der Waals surface area contributed by atoms with Crippen molar-refractivity contribution in [3.63, 3.8) is 0 Å². The summed E-state index contributed by atoms with van der Waals surface area (Å²) < 4.78 is 0. The smallest absolute Gasteiger partial charge is 0.0544 e. The summed E-state index contributed by atoms with van der Waals surface area (Å²) in [6.07, 6.45) is 8.65. The Labute approximate surface area is 130 Å². The van der Waals surface area contributed by atoms with Crippen molar-refractivity contribution in [2.24, 2.45) is 5.92 Å². The molecule has 1 N–H and O–H groups in total. The Bertz CT molecular complexity index is 393. The molecule has 0 saturated heterocycles. The predicted molar refractivity (Wildman–Crippen MR) is 89.1 cm³/mol. The lowest BCUT2D eigenvalue weighted by molar-refractivity contribution is 0.162. The highest BCUT2D eigenvalue weighted by atomic mass is 15.1. The number of nitrogens with zero attached hydrogens (tertiary/aromatic N) is 2. The molecule has 0 bridgehead atoms. The van der Waals surface area contributed by atoms with Gasteiger partial charge in [0.15, 0.2) is 0 Å². The SMILES string of the molecule is CCCNCc1ccc(CN(C)C2CCC(C)CC2)nc1. The molecule has 1 aliphatic carbocycles. The molecule has 0 spiro atoms. The number of hydrogen-bond acceptors (Lipinski definition) is 3. The van der Waals surface area contributed by atoms with Gasteiger partial charge in [0, 0.05) is 25.3 Å². The third kappa shape index (κ3) is 5.40. The maximum Gasteiger partial charge on any atom is 0.0544 e. The highest BCUT2D eigenvalue weighted by Gasteiger charge is 2.21. The molecule has 1 heterocycles. The van der Waals surface area contributed by atoms with Gasteiger partial charge in [0.2, 0.25) is 0 Å². The third-order valence-corrected chi connectivity index (χ3v) is 4.66. The van der Waals surface area contributed by atoms with Crippen LogP contribution in [-0.4, -0.2) is 29.5 Å². The summed E-state index contributed by atoms with van der Waals surface area (Å²) in [6, 6.07) is 5.14. The van der Waals surface area contributed by atoms with Gasteiger partial charge in [0.05, 0.1) is 5.69 Å². The van der Waals surface area contributed by atoms with Gasteiger partial charge in [-0.3, -0.25) is 9.88 Å². The minimum absolute atomic E-state index is 0.744. The van der Waals surface area contributed by atoms with Crippen molar-refractivity contribution in [3.05, 3.63) is 29.6 Å². The van der Waals surface area contributed by atoms with Gasteiger partial charge in [-0.2, -0.15) is 0 Å². The van der Waals surface area contributed by atoms with Crippen molar-refractivity contribution in [2.45, 2.75) is 65.1 Å². The van der Waals surface area contributed by atoms with Gasteiger partial charge >= 0.3 is 0 Å². The van der Waals surface area contributed by atoms with Crippen LogP contribution in [0.2, 0.25) is 0 Å². The fraction of sp³-hybridized carbons (Fsp3) is 0.722. The minimum atomic E-state index is 0.744. The highest BCUT2D eigenvalue weighted by Crippen LogP contribution is 2.27. The Morgan fingerprint density at radius 2 is 2.00 bits per heavy atom. The van der Waals surface area contributed by atoms with Crippen LogP contribution in [-0.2, 0) is 13.1 Å². The molecule has 0 radical (unpaired) electrons. The van der Waals surface area contributed by atoms with Crippen molar-refractivity contribution < 1.29 is 0 Å². The zero-order chi connectivity index (χ0) is 15.1. The van der Waals surface area contributed by atoms with E-state index in [2.05, 4.69) is 48.2 Å². The topological polar surface area (TPSA) is 28.2 Å². The molecular formula is C18H31N3. The van der Waals surface area contributed by atoms with Crippen molar-refractivity contribution in [1.29, 1.82) is 0 Å². The zero-order valence-corrected chi connectivity index (χ0v) is 13.9. The molecular weight excluding hydrogens is 258 g/mol. The summed E-state index contributed by atoms with van der Waals surface area (Å²) in [5.74, 6) is 0.919. The summed E-state index contributed by atoms with van der Waals surface area (Å²) in [7, 11) is 2.25. The van der Waals surface area contributed by atoms with Crippen LogP contribution in [0.5, 0.6) is 0 Å². The monoisotopic (exact) mass is 289 g/mol. The largest absolute Gasteiger partial charge is 0.313 e. The molecule has 118 valence electrons. The van der Waals surface area contributed by atoms with Crippen molar-refractivity contribution in [2.75, 3.05) is 13.6 Å². The van der Waals surface area contributed by atoms with Gasteiger partial charge in [-0.05, 0) is 63.2 Å². The van der Waals surface area contributed by atoms with Gasteiger partial charge in [0.1, 0.15) is 0 Å². The van der Waals surface area contributed by atoms with Gasteiger partial charge in [-0.25, -0.2) is 0 Å². The lowest BCUT2D eigenvalue weighted by Gasteiger charge is -2.33. The molecule has 1 fully saturated rings. The van der Waals surface area contributed by atoms with Crippen LogP contribution >= 0.6 is 0 Å². The summed E-state index contributed by atoms with van der Waals surface area (Å²) in [4.78, 5) is 7.11. The Kier molecular flexibility index (Phi) is 6.65. The lowest BCUT2D eigenvalue weighted by atomic mass is 9.87. The van der Waals surface area contributed by atoms with Crippen molar-refractivity contribution >= 4 is 0 Å². The van der Waals surface area contributed by atoms with Crippen LogP contribution in [0, 0.1) is 5.92 Å². The summed E-state index contributed by atoms with van der Waals surface area (Å²) >= 11 is 0. The summed E-state index contributed by atoms with van der Waals surface area (Å²) in [5, 5.41) is 3.42. The van der Waals surface area contributed by atoms with Crippen molar-refractivity contribution in [1.82, 2.24) is 15.2 Å². The fourth-order valence-corrected chi connectivity index (χ4v) is 3.13. The van der Waals surface area contributed by atoms with Crippen molar-refractivity contribution in [3.8, 4) is 0 Å². The Morgan fingerprint density at radius 3 is 2.62 bits per heavy atom. The van der Waals surface area contributed by atoms with Crippen LogP contribution in [0.4, 0.5) is 0 Å². The van der Waals surface area contributed by atoms with Gasteiger partial charge < -0.3 is 5.32 Å². The maximum atomic E-state index is 4.63. The van der Waals surface area contributed by atoms with Gasteiger partial charge in [0.25, 0.3) is 0 Å². The fourth-order valence-electron chi connectivity index (χ4n) is 3.13.